The molecule has 3 aliphatic heterocycles. The molecule has 0 radical (unpaired) electrons. The number of amides is 6. The molecule has 65 heavy (non-hydrogen) atoms. The number of benzene rings is 3. The number of hydrogen-bond donors (Lipinski definition) is 3. The lowest BCUT2D eigenvalue weighted by atomic mass is 9.73. The van der Waals surface area contributed by atoms with Gasteiger partial charge in [-0.3, -0.25) is 44.0 Å². The van der Waals surface area contributed by atoms with E-state index in [-0.39, 0.29) is 72.5 Å². The number of imide groups is 2. The van der Waals surface area contributed by atoms with Crippen LogP contribution >= 0.6 is 0 Å². The van der Waals surface area contributed by atoms with E-state index < -0.39 is 35.6 Å². The van der Waals surface area contributed by atoms with Crippen molar-refractivity contribution in [1.29, 1.82) is 0 Å². The van der Waals surface area contributed by atoms with Crippen LogP contribution in [0.5, 0.6) is 11.5 Å². The van der Waals surface area contributed by atoms with Gasteiger partial charge in [0.2, 0.25) is 17.7 Å². The summed E-state index contributed by atoms with van der Waals surface area (Å²) in [5.74, 6) is -1.87. The maximum atomic E-state index is 14.0. The van der Waals surface area contributed by atoms with Crippen LogP contribution in [0.2, 0.25) is 0 Å². The molecular weight excluding hydrogens is 836 g/mol. The van der Waals surface area contributed by atoms with Gasteiger partial charge in [-0.2, -0.15) is 0 Å². The Kier molecular flexibility index (Phi) is 14.4. The highest BCUT2D eigenvalue weighted by Crippen LogP contribution is 2.41. The standard InChI is InChI=1S/C49H55FN6O9/c1-30(31-6-8-32(9-7-31)37-18-21-51-40-15-10-33(50)28-39(37)40)46(59)53-34-11-13-35(14-12-34)65-36-19-24-55(25-20-36)23-3-26-63-27-22-52-44(58)29-64-42-5-2-4-38-45(42)49(62)56(48(38)61)41-16-17-43(57)54-47(41)60/h2,4-5,10-15,18,21,28,30-32,36,41H,3,6-9,16-17,19-20,22-27,29H2,1H3,(H,52,58)(H,53,59)(H,54,57,60)/t30-,31-,32+,41?/m1/s1. The van der Waals surface area contributed by atoms with Crippen molar-refractivity contribution in [2.24, 2.45) is 11.8 Å². The van der Waals surface area contributed by atoms with Crippen molar-refractivity contribution < 1.29 is 47.4 Å². The fraction of sp³-hybridized carbons (Fsp3) is 0.449. The third kappa shape index (κ3) is 10.8. The quantitative estimate of drug-likeness (QED) is 0.0864. The first-order chi connectivity index (χ1) is 31.5. The van der Waals surface area contributed by atoms with E-state index in [1.165, 1.54) is 24.3 Å². The SMILES string of the molecule is C[C@@H](C(=O)Nc1ccc(OC2CCN(CCCOCCNC(=O)COc3cccc4c3C(=O)N(C3CCC(=O)NC3=O)C4=O)CC2)cc1)[C@H]1CC[C@@H](c2ccnc3ccc(F)cc32)CC1. The normalized spacial score (nSPS) is 20.9. The van der Waals surface area contributed by atoms with E-state index in [0.29, 0.717) is 19.1 Å². The summed E-state index contributed by atoms with van der Waals surface area (Å²) in [6, 6.07) is 17.8. The van der Waals surface area contributed by atoms with Crippen LogP contribution in [0, 0.1) is 17.7 Å². The number of aromatic nitrogens is 1. The summed E-state index contributed by atoms with van der Waals surface area (Å²) < 4.78 is 31.7. The van der Waals surface area contributed by atoms with Crippen molar-refractivity contribution in [1.82, 2.24) is 25.4 Å². The summed E-state index contributed by atoms with van der Waals surface area (Å²) in [6.45, 7) is 5.44. The Morgan fingerprint density at radius 2 is 1.69 bits per heavy atom. The number of fused-ring (bicyclic) bond motifs is 2. The number of ether oxygens (including phenoxy) is 3. The molecule has 15 nitrogen and oxygen atoms in total. The van der Waals surface area contributed by atoms with Crippen molar-refractivity contribution in [3.8, 4) is 11.5 Å². The molecule has 3 N–H and O–H groups in total. The van der Waals surface area contributed by atoms with Crippen LogP contribution in [-0.4, -0.2) is 108 Å². The number of nitrogens with zero attached hydrogens (tertiary/aromatic N) is 3. The van der Waals surface area contributed by atoms with E-state index in [2.05, 4.69) is 25.8 Å². The van der Waals surface area contributed by atoms with Gasteiger partial charge in [-0.1, -0.05) is 13.0 Å². The largest absolute Gasteiger partial charge is 0.490 e. The van der Waals surface area contributed by atoms with Crippen LogP contribution in [0.25, 0.3) is 10.9 Å². The monoisotopic (exact) mass is 890 g/mol. The van der Waals surface area contributed by atoms with Crippen molar-refractivity contribution >= 4 is 52.0 Å². The zero-order chi connectivity index (χ0) is 45.5. The first-order valence-corrected chi connectivity index (χ1v) is 22.7. The molecule has 1 aromatic heterocycles. The van der Waals surface area contributed by atoms with Crippen LogP contribution in [-0.2, 0) is 23.9 Å². The zero-order valence-corrected chi connectivity index (χ0v) is 36.5. The number of pyridine rings is 1. The average molecular weight is 891 g/mol. The van der Waals surface area contributed by atoms with Crippen molar-refractivity contribution in [2.45, 2.75) is 82.8 Å². The fourth-order valence-corrected chi connectivity index (χ4v) is 9.51. The van der Waals surface area contributed by atoms with Gasteiger partial charge in [0.05, 0.1) is 23.3 Å². The minimum absolute atomic E-state index is 0.0134. The third-order valence-corrected chi connectivity index (χ3v) is 13.1. The summed E-state index contributed by atoms with van der Waals surface area (Å²) in [5, 5.41) is 8.88. The van der Waals surface area contributed by atoms with Crippen molar-refractivity contribution in [3.63, 3.8) is 0 Å². The Bertz CT molecular complexity index is 2410. The van der Waals surface area contributed by atoms with Gasteiger partial charge < -0.3 is 29.7 Å². The number of piperidine rings is 2. The molecule has 342 valence electrons. The summed E-state index contributed by atoms with van der Waals surface area (Å²) in [7, 11) is 0. The molecule has 6 amide bonds. The van der Waals surface area contributed by atoms with E-state index in [4.69, 9.17) is 14.2 Å². The number of carbonyl (C=O) groups excluding carboxylic acids is 6. The average Bonchev–Trinajstić information content (AvgIpc) is 3.57. The summed E-state index contributed by atoms with van der Waals surface area (Å²) in [6.07, 6.45) is 8.38. The molecule has 3 fully saturated rings. The maximum Gasteiger partial charge on any atom is 0.266 e. The summed E-state index contributed by atoms with van der Waals surface area (Å²) in [4.78, 5) is 83.6. The van der Waals surface area contributed by atoms with Gasteiger partial charge in [-0.15, -0.1) is 0 Å². The molecule has 1 aliphatic carbocycles. The highest BCUT2D eigenvalue weighted by molar-refractivity contribution is 6.24. The van der Waals surface area contributed by atoms with Gasteiger partial charge in [0.25, 0.3) is 17.7 Å². The Labute approximate surface area is 376 Å². The molecule has 1 saturated carbocycles. The minimum atomic E-state index is -1.10. The number of rotatable bonds is 17. The van der Waals surface area contributed by atoms with Crippen LogP contribution in [0.15, 0.2) is 72.9 Å². The molecule has 3 aromatic carbocycles. The summed E-state index contributed by atoms with van der Waals surface area (Å²) >= 11 is 0. The van der Waals surface area contributed by atoms with E-state index in [1.54, 1.807) is 18.3 Å². The van der Waals surface area contributed by atoms with E-state index in [0.717, 1.165) is 97.4 Å². The highest BCUT2D eigenvalue weighted by Gasteiger charge is 2.46. The lowest BCUT2D eigenvalue weighted by Gasteiger charge is -2.32. The lowest BCUT2D eigenvalue weighted by molar-refractivity contribution is -0.136. The predicted molar refractivity (Wildman–Crippen MR) is 238 cm³/mol. The number of anilines is 1. The molecule has 2 atom stereocenters. The second-order valence-corrected chi connectivity index (χ2v) is 17.4. The van der Waals surface area contributed by atoms with Crippen LogP contribution in [0.1, 0.15) is 96.9 Å². The molecule has 0 spiro atoms. The number of likely N-dealkylation sites (tertiary alicyclic amines) is 1. The number of hydrogen-bond acceptors (Lipinski definition) is 11. The molecule has 4 aliphatic rings. The number of carbonyl (C=O) groups is 6. The van der Waals surface area contributed by atoms with E-state index >= 15 is 0 Å². The number of halogens is 1. The predicted octanol–water partition coefficient (Wildman–Crippen LogP) is 5.77. The minimum Gasteiger partial charge on any atom is -0.490 e. The third-order valence-electron chi connectivity index (χ3n) is 13.1. The fourth-order valence-electron chi connectivity index (χ4n) is 9.51. The van der Waals surface area contributed by atoms with E-state index in [9.17, 15) is 33.2 Å². The topological polar surface area (TPSA) is 186 Å². The van der Waals surface area contributed by atoms with E-state index in [1.807, 2.05) is 37.3 Å². The van der Waals surface area contributed by atoms with Gasteiger partial charge >= 0.3 is 0 Å². The lowest BCUT2D eigenvalue weighted by Crippen LogP contribution is -2.54. The molecule has 2 saturated heterocycles. The summed E-state index contributed by atoms with van der Waals surface area (Å²) in [5.41, 5.74) is 2.76. The number of nitrogens with one attached hydrogen (secondary N) is 3. The Hall–Kier alpha value is -6.26. The van der Waals surface area contributed by atoms with Crippen molar-refractivity contribution in [2.75, 3.05) is 51.3 Å². The Balaban J connectivity index is 0.670. The van der Waals surface area contributed by atoms with Gasteiger partial charge in [0.15, 0.2) is 6.61 Å². The van der Waals surface area contributed by atoms with Gasteiger partial charge in [-0.25, -0.2) is 4.39 Å². The molecule has 4 aromatic rings. The first-order valence-electron chi connectivity index (χ1n) is 22.7. The van der Waals surface area contributed by atoms with Crippen molar-refractivity contribution in [3.05, 3.63) is 95.4 Å². The maximum absolute atomic E-state index is 14.0. The van der Waals surface area contributed by atoms with Gasteiger partial charge in [0.1, 0.15) is 29.5 Å². The molecule has 8 rings (SSSR count). The van der Waals surface area contributed by atoms with Gasteiger partial charge in [-0.05, 0) is 129 Å². The first kappa shape index (κ1) is 45.3. The Morgan fingerprint density at radius 1 is 0.908 bits per heavy atom. The molecule has 1 unspecified atom stereocenters. The van der Waals surface area contributed by atoms with Gasteiger partial charge in [0, 0.05) is 62.4 Å². The molecule has 4 heterocycles. The molecule has 16 heteroatoms. The Morgan fingerprint density at radius 3 is 2.46 bits per heavy atom. The highest BCUT2D eigenvalue weighted by atomic mass is 19.1. The van der Waals surface area contributed by atoms with Crippen LogP contribution < -0.4 is 25.4 Å². The van der Waals surface area contributed by atoms with Crippen LogP contribution in [0.4, 0.5) is 10.1 Å². The smallest absolute Gasteiger partial charge is 0.266 e. The zero-order valence-electron chi connectivity index (χ0n) is 36.5. The molecule has 0 bridgehead atoms. The van der Waals surface area contributed by atoms with Crippen LogP contribution in [0.3, 0.4) is 0 Å². The second-order valence-electron chi connectivity index (χ2n) is 17.4. The molecular formula is C49H55FN6O9. The second kappa shape index (κ2) is 20.7.